The zero-order valence-corrected chi connectivity index (χ0v) is 14.3. The summed E-state index contributed by atoms with van der Waals surface area (Å²) >= 11 is 1.57. The summed E-state index contributed by atoms with van der Waals surface area (Å²) in [5, 5.41) is 6.03. The number of aliphatic imine (C=N–C) groups is 1. The second-order valence-corrected chi connectivity index (χ2v) is 5.68. The minimum atomic E-state index is -0.0726. The molecule has 5 nitrogen and oxygen atoms in total. The molecule has 0 aliphatic rings. The van der Waals surface area contributed by atoms with E-state index in [-0.39, 0.29) is 29.5 Å². The molecule has 0 amide bonds. The van der Waals surface area contributed by atoms with Crippen molar-refractivity contribution < 1.29 is 4.74 Å². The quantitative estimate of drug-likeness (QED) is 0.474. The normalized spacial score (nSPS) is 12.1. The van der Waals surface area contributed by atoms with Gasteiger partial charge in [-0.05, 0) is 20.8 Å². The molecule has 104 valence electrons. The molecule has 0 bridgehead atoms. The maximum Gasteiger partial charge on any atom is 0.189 e. The molecule has 0 spiro atoms. The summed E-state index contributed by atoms with van der Waals surface area (Å²) in [6.45, 7) is 7.15. The van der Waals surface area contributed by atoms with Crippen LogP contribution in [0.4, 0.5) is 0 Å². The zero-order chi connectivity index (χ0) is 12.9. The molecule has 0 aliphatic heterocycles. The second-order valence-electron chi connectivity index (χ2n) is 4.74. The summed E-state index contributed by atoms with van der Waals surface area (Å²) < 4.78 is 5.01. The first-order valence-corrected chi connectivity index (χ1v) is 6.29. The van der Waals surface area contributed by atoms with Crippen molar-refractivity contribution in [1.29, 1.82) is 0 Å². The van der Waals surface area contributed by atoms with Crippen molar-refractivity contribution in [3.63, 3.8) is 0 Å². The van der Waals surface area contributed by atoms with Gasteiger partial charge < -0.3 is 15.8 Å². The Labute approximate surface area is 129 Å². The van der Waals surface area contributed by atoms with E-state index in [0.29, 0.717) is 19.1 Å². The number of halogens is 1. The SMILES string of the molecule is COCc1nc(CN=C(N)NC(C)(C)C)cs1.I. The minimum absolute atomic E-state index is 0. The van der Waals surface area contributed by atoms with E-state index in [1.54, 1.807) is 18.4 Å². The molecule has 0 unspecified atom stereocenters. The van der Waals surface area contributed by atoms with Crippen LogP contribution in [0.5, 0.6) is 0 Å². The molecule has 0 atom stereocenters. The fourth-order valence-electron chi connectivity index (χ4n) is 1.20. The average Bonchev–Trinajstić information content (AvgIpc) is 2.61. The number of thiazole rings is 1. The van der Waals surface area contributed by atoms with Crippen molar-refractivity contribution in [2.75, 3.05) is 7.11 Å². The van der Waals surface area contributed by atoms with Crippen molar-refractivity contribution in [1.82, 2.24) is 10.3 Å². The van der Waals surface area contributed by atoms with E-state index in [1.807, 2.05) is 26.2 Å². The molecule has 0 radical (unpaired) electrons. The Hall–Kier alpha value is -0.410. The highest BCUT2D eigenvalue weighted by Crippen LogP contribution is 2.11. The lowest BCUT2D eigenvalue weighted by atomic mass is 10.1. The molecule has 0 fully saturated rings. The molecular weight excluding hydrogens is 363 g/mol. The number of ether oxygens (including phenoxy) is 1. The third-order valence-corrected chi connectivity index (χ3v) is 2.65. The standard InChI is InChI=1S/C11H20N4OS.HI/c1-11(2,3)15-10(12)13-5-8-7-17-9(14-8)6-16-4;/h7H,5-6H2,1-4H3,(H3,12,13,15);1H. The minimum Gasteiger partial charge on any atom is -0.378 e. The molecule has 0 aliphatic carbocycles. The first-order valence-electron chi connectivity index (χ1n) is 5.41. The summed E-state index contributed by atoms with van der Waals surface area (Å²) in [5.74, 6) is 0.443. The van der Waals surface area contributed by atoms with Crippen LogP contribution in [0, 0.1) is 0 Å². The number of hydrogen-bond donors (Lipinski definition) is 2. The number of aromatic nitrogens is 1. The highest BCUT2D eigenvalue weighted by Gasteiger charge is 2.09. The van der Waals surface area contributed by atoms with Gasteiger partial charge in [-0.1, -0.05) is 0 Å². The van der Waals surface area contributed by atoms with Gasteiger partial charge in [-0.3, -0.25) is 0 Å². The van der Waals surface area contributed by atoms with Crippen molar-refractivity contribution in [3.05, 3.63) is 16.1 Å². The van der Waals surface area contributed by atoms with Gasteiger partial charge in [0.05, 0.1) is 18.8 Å². The molecule has 18 heavy (non-hydrogen) atoms. The van der Waals surface area contributed by atoms with Crippen LogP contribution < -0.4 is 11.1 Å². The average molecular weight is 384 g/mol. The smallest absolute Gasteiger partial charge is 0.189 e. The van der Waals surface area contributed by atoms with E-state index < -0.39 is 0 Å². The topological polar surface area (TPSA) is 72.5 Å². The van der Waals surface area contributed by atoms with Crippen molar-refractivity contribution in [3.8, 4) is 0 Å². The van der Waals surface area contributed by atoms with E-state index in [0.717, 1.165) is 10.7 Å². The number of nitrogens with one attached hydrogen (secondary N) is 1. The molecule has 7 heteroatoms. The van der Waals surface area contributed by atoms with Gasteiger partial charge in [0.2, 0.25) is 0 Å². The number of guanidine groups is 1. The highest BCUT2D eigenvalue weighted by molar-refractivity contribution is 14.0. The van der Waals surface area contributed by atoms with E-state index in [9.17, 15) is 0 Å². The Balaban J connectivity index is 0.00000289. The Bertz CT molecular complexity index is 387. The van der Waals surface area contributed by atoms with Crippen molar-refractivity contribution in [2.45, 2.75) is 39.5 Å². The van der Waals surface area contributed by atoms with Gasteiger partial charge in [-0.25, -0.2) is 9.98 Å². The third-order valence-electron chi connectivity index (χ3n) is 1.78. The lowest BCUT2D eigenvalue weighted by Crippen LogP contribution is -2.44. The monoisotopic (exact) mass is 384 g/mol. The molecule has 3 N–H and O–H groups in total. The second kappa shape index (κ2) is 7.90. The van der Waals surface area contributed by atoms with Crippen LogP contribution in [-0.4, -0.2) is 23.6 Å². The maximum absolute atomic E-state index is 5.76. The Morgan fingerprint density at radius 3 is 2.78 bits per heavy atom. The highest BCUT2D eigenvalue weighted by atomic mass is 127. The van der Waals surface area contributed by atoms with Gasteiger partial charge >= 0.3 is 0 Å². The fraction of sp³-hybridized carbons (Fsp3) is 0.636. The van der Waals surface area contributed by atoms with Crippen LogP contribution in [-0.2, 0) is 17.9 Å². The number of hydrogen-bond acceptors (Lipinski definition) is 4. The van der Waals surface area contributed by atoms with Gasteiger partial charge in [0.15, 0.2) is 5.96 Å². The van der Waals surface area contributed by atoms with Gasteiger partial charge in [0.1, 0.15) is 5.01 Å². The van der Waals surface area contributed by atoms with E-state index in [4.69, 9.17) is 10.5 Å². The Morgan fingerprint density at radius 1 is 1.56 bits per heavy atom. The van der Waals surface area contributed by atoms with Crippen LogP contribution in [0.1, 0.15) is 31.5 Å². The number of methoxy groups -OCH3 is 1. The van der Waals surface area contributed by atoms with Crippen LogP contribution >= 0.6 is 35.3 Å². The first kappa shape index (κ1) is 17.6. The van der Waals surface area contributed by atoms with Gasteiger partial charge in [-0.15, -0.1) is 35.3 Å². The van der Waals surface area contributed by atoms with Gasteiger partial charge in [0.25, 0.3) is 0 Å². The van der Waals surface area contributed by atoms with E-state index >= 15 is 0 Å². The third kappa shape index (κ3) is 7.12. The molecular formula is C11H21IN4OS. The Morgan fingerprint density at radius 2 is 2.22 bits per heavy atom. The van der Waals surface area contributed by atoms with Crippen LogP contribution in [0.2, 0.25) is 0 Å². The molecule has 0 saturated carbocycles. The lowest BCUT2D eigenvalue weighted by molar-refractivity contribution is 0.184. The summed E-state index contributed by atoms with van der Waals surface area (Å²) in [7, 11) is 1.66. The van der Waals surface area contributed by atoms with E-state index in [2.05, 4.69) is 15.3 Å². The van der Waals surface area contributed by atoms with Crippen LogP contribution in [0.3, 0.4) is 0 Å². The molecule has 1 heterocycles. The number of nitrogens with two attached hydrogens (primary N) is 1. The number of rotatable bonds is 4. The zero-order valence-electron chi connectivity index (χ0n) is 11.2. The van der Waals surface area contributed by atoms with Crippen LogP contribution in [0.25, 0.3) is 0 Å². The van der Waals surface area contributed by atoms with Crippen molar-refractivity contribution >= 4 is 41.3 Å². The summed E-state index contributed by atoms with van der Waals surface area (Å²) in [4.78, 5) is 8.61. The van der Waals surface area contributed by atoms with Crippen LogP contribution in [0.15, 0.2) is 10.4 Å². The molecule has 1 aromatic heterocycles. The molecule has 0 saturated heterocycles. The van der Waals surface area contributed by atoms with Crippen molar-refractivity contribution in [2.24, 2.45) is 10.7 Å². The predicted octanol–water partition coefficient (Wildman–Crippen LogP) is 2.11. The molecule has 0 aromatic carbocycles. The molecule has 1 rings (SSSR count). The van der Waals surface area contributed by atoms with E-state index in [1.165, 1.54) is 0 Å². The fourth-order valence-corrected chi connectivity index (χ4v) is 1.96. The summed E-state index contributed by atoms with van der Waals surface area (Å²) in [5.41, 5.74) is 6.61. The maximum atomic E-state index is 5.76. The largest absolute Gasteiger partial charge is 0.378 e. The first-order chi connectivity index (χ1) is 7.90. The number of nitrogens with zero attached hydrogens (tertiary/aromatic N) is 2. The molecule has 1 aromatic rings. The van der Waals surface area contributed by atoms with Gasteiger partial charge in [-0.2, -0.15) is 0 Å². The Kier molecular flexibility index (Phi) is 7.72. The summed E-state index contributed by atoms with van der Waals surface area (Å²) in [6, 6.07) is 0. The predicted molar refractivity (Wildman–Crippen MR) is 86.5 cm³/mol. The van der Waals surface area contributed by atoms with Gasteiger partial charge in [0, 0.05) is 18.0 Å². The summed E-state index contributed by atoms with van der Waals surface area (Å²) in [6.07, 6.45) is 0. The lowest BCUT2D eigenvalue weighted by Gasteiger charge is -2.20.